The number of hydrogen-bond acceptors (Lipinski definition) is 3. The van der Waals surface area contributed by atoms with Gasteiger partial charge in [0.2, 0.25) is 0 Å². The van der Waals surface area contributed by atoms with E-state index in [1.54, 1.807) is 6.07 Å². The molecule has 0 radical (unpaired) electrons. The lowest BCUT2D eigenvalue weighted by Crippen LogP contribution is -2.38. The molecular formula is C14H14Cl2O7P2. The van der Waals surface area contributed by atoms with Gasteiger partial charge in [-0.2, -0.15) is 0 Å². The van der Waals surface area contributed by atoms with Crippen LogP contribution >= 0.6 is 38.4 Å². The van der Waals surface area contributed by atoms with Gasteiger partial charge in [0, 0.05) is 6.42 Å². The van der Waals surface area contributed by atoms with Crippen LogP contribution in [0.25, 0.3) is 0 Å². The summed E-state index contributed by atoms with van der Waals surface area (Å²) in [4.78, 5) is 39.0. The quantitative estimate of drug-likeness (QED) is 0.519. The lowest BCUT2D eigenvalue weighted by atomic mass is 10.1. The van der Waals surface area contributed by atoms with Gasteiger partial charge in [-0.3, -0.25) is 9.13 Å². The molecule has 25 heavy (non-hydrogen) atoms. The smallest absolute Gasteiger partial charge is 0.381 e. The molecule has 0 aliphatic carbocycles. The summed E-state index contributed by atoms with van der Waals surface area (Å²) in [6, 6.07) is 11.2. The number of halogens is 2. The van der Waals surface area contributed by atoms with Gasteiger partial charge in [-0.15, -0.1) is 0 Å². The van der Waals surface area contributed by atoms with Gasteiger partial charge < -0.3 is 24.3 Å². The molecule has 136 valence electrons. The first-order valence-corrected chi connectivity index (χ1v) is 10.7. The summed E-state index contributed by atoms with van der Waals surface area (Å²) in [5.41, 5.74) is 0.136. The fourth-order valence-corrected chi connectivity index (χ4v) is 5.03. The molecule has 0 aromatic heterocycles. The van der Waals surface area contributed by atoms with Crippen molar-refractivity contribution in [2.75, 3.05) is 0 Å². The average Bonchev–Trinajstić information content (AvgIpc) is 2.49. The Morgan fingerprint density at radius 2 is 1.44 bits per heavy atom. The number of hydrogen-bond donors (Lipinski definition) is 4. The van der Waals surface area contributed by atoms with Gasteiger partial charge in [-0.05, 0) is 29.8 Å². The summed E-state index contributed by atoms with van der Waals surface area (Å²) in [5.74, 6) is -0.103. The second kappa shape index (κ2) is 7.39. The van der Waals surface area contributed by atoms with Crippen molar-refractivity contribution in [2.24, 2.45) is 0 Å². The Balaban J connectivity index is 2.59. The highest BCUT2D eigenvalue weighted by molar-refractivity contribution is 7.72. The van der Waals surface area contributed by atoms with Gasteiger partial charge in [0.05, 0.1) is 10.0 Å². The Labute approximate surface area is 153 Å². The van der Waals surface area contributed by atoms with Crippen LogP contribution in [-0.2, 0) is 15.6 Å². The van der Waals surface area contributed by atoms with E-state index in [-0.39, 0.29) is 21.4 Å². The molecular weight excluding hydrogens is 413 g/mol. The molecule has 0 heterocycles. The molecule has 0 amide bonds. The van der Waals surface area contributed by atoms with Crippen molar-refractivity contribution in [3.05, 3.63) is 64.1 Å². The van der Waals surface area contributed by atoms with Crippen molar-refractivity contribution in [1.82, 2.24) is 0 Å². The molecule has 0 fully saturated rings. The van der Waals surface area contributed by atoms with E-state index in [4.69, 9.17) is 27.9 Å². The third-order valence-electron chi connectivity index (χ3n) is 3.35. The van der Waals surface area contributed by atoms with Crippen molar-refractivity contribution in [3.8, 4) is 5.75 Å². The second-order valence-corrected chi connectivity index (χ2v) is 9.96. The van der Waals surface area contributed by atoms with E-state index in [1.807, 2.05) is 0 Å². The molecule has 4 N–H and O–H groups in total. The van der Waals surface area contributed by atoms with E-state index in [0.717, 1.165) is 0 Å². The van der Waals surface area contributed by atoms with Gasteiger partial charge in [-0.1, -0.05) is 47.5 Å². The minimum Gasteiger partial charge on any atom is -0.462 e. The van der Waals surface area contributed by atoms with Crippen LogP contribution in [0, 0.1) is 0 Å². The Morgan fingerprint density at radius 1 is 0.880 bits per heavy atom. The van der Waals surface area contributed by atoms with Crippen LogP contribution in [0.2, 0.25) is 10.0 Å². The average molecular weight is 427 g/mol. The van der Waals surface area contributed by atoms with Crippen LogP contribution in [0.1, 0.15) is 5.56 Å². The van der Waals surface area contributed by atoms with Gasteiger partial charge >= 0.3 is 20.3 Å². The first-order chi connectivity index (χ1) is 11.5. The summed E-state index contributed by atoms with van der Waals surface area (Å²) >= 11 is 11.7. The first-order valence-electron chi connectivity index (χ1n) is 6.75. The highest BCUT2D eigenvalue weighted by Crippen LogP contribution is 2.70. The maximum Gasteiger partial charge on any atom is 0.381 e. The van der Waals surface area contributed by atoms with Crippen LogP contribution in [0.15, 0.2) is 48.5 Å². The molecule has 0 unspecified atom stereocenters. The van der Waals surface area contributed by atoms with Crippen LogP contribution in [0.4, 0.5) is 0 Å². The zero-order valence-electron chi connectivity index (χ0n) is 12.5. The molecule has 0 saturated heterocycles. The van der Waals surface area contributed by atoms with Crippen LogP contribution in [0.3, 0.4) is 0 Å². The monoisotopic (exact) mass is 426 g/mol. The van der Waals surface area contributed by atoms with Crippen LogP contribution < -0.4 is 4.74 Å². The summed E-state index contributed by atoms with van der Waals surface area (Å²) in [7, 11) is -10.9. The van der Waals surface area contributed by atoms with E-state index in [9.17, 15) is 28.7 Å². The first kappa shape index (κ1) is 20.4. The predicted octanol–water partition coefficient (Wildman–Crippen LogP) is 3.62. The largest absolute Gasteiger partial charge is 0.462 e. The molecule has 0 spiro atoms. The molecule has 0 aliphatic heterocycles. The second-order valence-electron chi connectivity index (χ2n) is 5.17. The molecule has 2 rings (SSSR count). The lowest BCUT2D eigenvalue weighted by Gasteiger charge is -2.35. The minimum absolute atomic E-state index is 0.0733. The van der Waals surface area contributed by atoms with E-state index in [1.165, 1.54) is 42.5 Å². The minimum atomic E-state index is -5.45. The standard InChI is InChI=1S/C14H14Cl2O7P2/c15-12-7-6-10(8-13(12)16)9-14(24(17,18)19,25(20,21)22)23-11-4-2-1-3-5-11/h1-8H,9H2,(H2,17,18,19)(H2,20,21,22). The highest BCUT2D eigenvalue weighted by atomic mass is 35.5. The zero-order chi connectivity index (χ0) is 18.9. The summed E-state index contributed by atoms with van der Waals surface area (Å²) < 4.78 is 29.4. The SMILES string of the molecule is O=P(O)(O)C(Cc1ccc(Cl)c(Cl)c1)(Oc1ccccc1)P(=O)(O)O. The van der Waals surface area contributed by atoms with Crippen molar-refractivity contribution >= 4 is 38.4 Å². The molecule has 0 bridgehead atoms. The Bertz CT molecular complexity index is 826. The van der Waals surface area contributed by atoms with E-state index in [2.05, 4.69) is 0 Å². The zero-order valence-corrected chi connectivity index (χ0v) is 15.8. The lowest BCUT2D eigenvalue weighted by molar-refractivity contribution is 0.152. The summed E-state index contributed by atoms with van der Waals surface area (Å²) in [5, 5.41) is -2.84. The topological polar surface area (TPSA) is 124 Å². The molecule has 7 nitrogen and oxygen atoms in total. The van der Waals surface area contributed by atoms with Crippen molar-refractivity contribution in [1.29, 1.82) is 0 Å². The van der Waals surface area contributed by atoms with E-state index in [0.29, 0.717) is 0 Å². The van der Waals surface area contributed by atoms with Crippen molar-refractivity contribution in [3.63, 3.8) is 0 Å². The van der Waals surface area contributed by atoms with Gasteiger partial charge in [0.1, 0.15) is 5.75 Å². The van der Waals surface area contributed by atoms with Crippen LogP contribution in [-0.4, -0.2) is 24.7 Å². The Morgan fingerprint density at radius 3 is 1.92 bits per heavy atom. The number of benzene rings is 2. The normalized spacial score (nSPS) is 12.9. The van der Waals surface area contributed by atoms with Crippen LogP contribution in [0.5, 0.6) is 5.75 Å². The van der Waals surface area contributed by atoms with Gasteiger partial charge in [0.25, 0.3) is 0 Å². The maximum absolute atomic E-state index is 12.1. The molecule has 11 heteroatoms. The molecule has 0 saturated carbocycles. The van der Waals surface area contributed by atoms with Crippen molar-refractivity contribution < 1.29 is 33.4 Å². The molecule has 0 aliphatic rings. The number of para-hydroxylation sites is 1. The molecule has 2 aromatic carbocycles. The predicted molar refractivity (Wildman–Crippen MR) is 94.1 cm³/mol. The maximum atomic E-state index is 12.1. The third-order valence-corrected chi connectivity index (χ3v) is 7.97. The summed E-state index contributed by atoms with van der Waals surface area (Å²) in [6.45, 7) is 0. The fraction of sp³-hybridized carbons (Fsp3) is 0.143. The van der Waals surface area contributed by atoms with Gasteiger partial charge in [0.15, 0.2) is 0 Å². The fourth-order valence-electron chi connectivity index (χ4n) is 2.12. The Hall–Kier alpha value is -0.880. The number of ether oxygens (including phenoxy) is 1. The third kappa shape index (κ3) is 4.45. The Kier molecular flexibility index (Phi) is 6.04. The molecule has 2 aromatic rings. The van der Waals surface area contributed by atoms with Crippen molar-refractivity contribution in [2.45, 2.75) is 11.5 Å². The summed E-state index contributed by atoms with van der Waals surface area (Å²) in [6.07, 6.45) is -0.784. The van der Waals surface area contributed by atoms with E-state index >= 15 is 0 Å². The highest BCUT2D eigenvalue weighted by Gasteiger charge is 2.63. The van der Waals surface area contributed by atoms with Gasteiger partial charge in [-0.25, -0.2) is 0 Å². The number of rotatable bonds is 6. The molecule has 0 atom stereocenters. The van der Waals surface area contributed by atoms with E-state index < -0.39 is 26.7 Å².